The van der Waals surface area contributed by atoms with E-state index < -0.39 is 0 Å². The van der Waals surface area contributed by atoms with Crippen molar-refractivity contribution >= 4 is 5.69 Å². The molecule has 0 radical (unpaired) electrons. The molecule has 0 amide bonds. The van der Waals surface area contributed by atoms with E-state index in [1.54, 1.807) is 12.0 Å². The minimum atomic E-state index is 0.420. The molecule has 1 aromatic carbocycles. The minimum absolute atomic E-state index is 0.420. The van der Waals surface area contributed by atoms with Crippen LogP contribution in [0.2, 0.25) is 0 Å². The predicted octanol–water partition coefficient (Wildman–Crippen LogP) is 4.58. The molecule has 1 spiro atoms. The quantitative estimate of drug-likeness (QED) is 0.856. The Balaban J connectivity index is 1.25. The van der Waals surface area contributed by atoms with Gasteiger partial charge in [-0.15, -0.1) is 0 Å². The van der Waals surface area contributed by atoms with Gasteiger partial charge in [-0.05, 0) is 81.5 Å². The van der Waals surface area contributed by atoms with Crippen molar-refractivity contribution in [1.29, 1.82) is 0 Å². The highest BCUT2D eigenvalue weighted by Gasteiger charge is 2.42. The second kappa shape index (κ2) is 5.76. The fraction of sp³-hybridized carbons (Fsp3) is 0.727. The number of fused-ring (bicyclic) bond motifs is 4. The average molecular weight is 325 g/mol. The van der Waals surface area contributed by atoms with Gasteiger partial charge in [0, 0.05) is 24.2 Å². The molecule has 2 heteroatoms. The standard InChI is InChI=1S/C22H32N2/c1-16-2-7-21-20(12-16)22(15-23-21)8-10-24(11-9-22)14-19-6-4-17-3-5-18(19)13-17/h2,7,12,17-19,23H,3-6,8-11,13-15H2,1H3. The van der Waals surface area contributed by atoms with E-state index >= 15 is 0 Å². The normalized spacial score (nSPS) is 34.3. The van der Waals surface area contributed by atoms with Gasteiger partial charge in [-0.1, -0.05) is 30.5 Å². The molecule has 3 fully saturated rings. The highest BCUT2D eigenvalue weighted by molar-refractivity contribution is 5.61. The van der Waals surface area contributed by atoms with Gasteiger partial charge in [0.15, 0.2) is 0 Å². The van der Waals surface area contributed by atoms with E-state index in [-0.39, 0.29) is 0 Å². The lowest BCUT2D eigenvalue weighted by molar-refractivity contribution is 0.113. The van der Waals surface area contributed by atoms with Crippen LogP contribution >= 0.6 is 0 Å². The monoisotopic (exact) mass is 324 g/mol. The highest BCUT2D eigenvalue weighted by atomic mass is 15.1. The molecule has 2 nitrogen and oxygen atoms in total. The molecule has 24 heavy (non-hydrogen) atoms. The van der Waals surface area contributed by atoms with Crippen molar-refractivity contribution in [2.75, 3.05) is 31.5 Å². The van der Waals surface area contributed by atoms with Crippen LogP contribution in [0.4, 0.5) is 5.69 Å². The first-order chi connectivity index (χ1) is 11.7. The van der Waals surface area contributed by atoms with E-state index in [4.69, 9.17) is 0 Å². The summed E-state index contributed by atoms with van der Waals surface area (Å²) >= 11 is 0. The summed E-state index contributed by atoms with van der Waals surface area (Å²) < 4.78 is 0. The number of hydrogen-bond acceptors (Lipinski definition) is 2. The van der Waals surface area contributed by atoms with Gasteiger partial charge in [0.25, 0.3) is 0 Å². The van der Waals surface area contributed by atoms with Crippen LogP contribution in [0.1, 0.15) is 56.1 Å². The van der Waals surface area contributed by atoms with E-state index in [0.717, 1.165) is 24.3 Å². The summed E-state index contributed by atoms with van der Waals surface area (Å²) in [6.07, 6.45) is 10.3. The number of likely N-dealkylation sites (tertiary alicyclic amines) is 1. The van der Waals surface area contributed by atoms with Gasteiger partial charge >= 0.3 is 0 Å². The van der Waals surface area contributed by atoms with Crippen LogP contribution in [-0.2, 0) is 5.41 Å². The number of nitrogens with one attached hydrogen (secondary N) is 1. The zero-order valence-corrected chi connectivity index (χ0v) is 15.2. The summed E-state index contributed by atoms with van der Waals surface area (Å²) in [5, 5.41) is 3.69. The summed E-state index contributed by atoms with van der Waals surface area (Å²) in [4.78, 5) is 2.81. The number of anilines is 1. The molecular formula is C22H32N2. The van der Waals surface area contributed by atoms with Crippen molar-refractivity contribution in [3.8, 4) is 0 Å². The molecule has 1 saturated heterocycles. The van der Waals surface area contributed by atoms with Gasteiger partial charge < -0.3 is 10.2 Å². The van der Waals surface area contributed by atoms with Crippen molar-refractivity contribution in [2.24, 2.45) is 17.8 Å². The molecule has 2 aliphatic carbocycles. The number of hydrogen-bond donors (Lipinski definition) is 1. The topological polar surface area (TPSA) is 15.3 Å². The van der Waals surface area contributed by atoms with E-state index in [0.29, 0.717) is 5.41 Å². The van der Waals surface area contributed by atoms with Gasteiger partial charge in [0.2, 0.25) is 0 Å². The third-order valence-corrected chi connectivity index (χ3v) is 7.86. The van der Waals surface area contributed by atoms with Crippen molar-refractivity contribution in [1.82, 2.24) is 4.90 Å². The summed E-state index contributed by atoms with van der Waals surface area (Å²) in [5.74, 6) is 3.17. The fourth-order valence-electron chi connectivity index (χ4n) is 6.28. The maximum absolute atomic E-state index is 3.69. The first-order valence-electron chi connectivity index (χ1n) is 10.3. The fourth-order valence-corrected chi connectivity index (χ4v) is 6.28. The first kappa shape index (κ1) is 15.3. The van der Waals surface area contributed by atoms with Crippen LogP contribution in [-0.4, -0.2) is 31.1 Å². The number of aryl methyl sites for hydroxylation is 1. The van der Waals surface area contributed by atoms with Gasteiger partial charge in [-0.3, -0.25) is 0 Å². The van der Waals surface area contributed by atoms with Gasteiger partial charge in [0.1, 0.15) is 0 Å². The molecule has 130 valence electrons. The van der Waals surface area contributed by atoms with Crippen molar-refractivity contribution in [3.63, 3.8) is 0 Å². The third kappa shape index (κ3) is 2.49. The molecular weight excluding hydrogens is 292 g/mol. The van der Waals surface area contributed by atoms with Crippen LogP contribution in [0.15, 0.2) is 18.2 Å². The van der Waals surface area contributed by atoms with Crippen molar-refractivity contribution < 1.29 is 0 Å². The first-order valence-corrected chi connectivity index (χ1v) is 10.3. The Bertz CT molecular complexity index is 614. The van der Waals surface area contributed by atoms with Crippen molar-refractivity contribution in [3.05, 3.63) is 29.3 Å². The summed E-state index contributed by atoms with van der Waals surface area (Å²) in [6.45, 7) is 7.40. The zero-order chi connectivity index (χ0) is 16.1. The van der Waals surface area contributed by atoms with Crippen molar-refractivity contribution in [2.45, 2.75) is 57.3 Å². The molecule has 3 unspecified atom stereocenters. The van der Waals surface area contributed by atoms with E-state index in [9.17, 15) is 0 Å². The second-order valence-corrected chi connectivity index (χ2v) is 9.26. The summed E-state index contributed by atoms with van der Waals surface area (Å²) in [7, 11) is 0. The smallest absolute Gasteiger partial charge is 0.0379 e. The number of benzene rings is 1. The molecule has 1 N–H and O–H groups in total. The molecule has 2 aliphatic heterocycles. The zero-order valence-electron chi connectivity index (χ0n) is 15.2. The molecule has 5 rings (SSSR count). The molecule has 0 aromatic heterocycles. The van der Waals surface area contributed by atoms with Crippen LogP contribution in [0.3, 0.4) is 0 Å². The Kier molecular flexibility index (Phi) is 3.66. The Labute approximate surface area is 147 Å². The van der Waals surface area contributed by atoms with Crippen LogP contribution in [0.5, 0.6) is 0 Å². The highest BCUT2D eigenvalue weighted by Crippen LogP contribution is 2.47. The Morgan fingerprint density at radius 2 is 1.96 bits per heavy atom. The summed E-state index contributed by atoms with van der Waals surface area (Å²) in [6, 6.07) is 6.99. The molecule has 2 saturated carbocycles. The third-order valence-electron chi connectivity index (χ3n) is 7.86. The maximum atomic E-state index is 3.69. The molecule has 3 atom stereocenters. The predicted molar refractivity (Wildman–Crippen MR) is 101 cm³/mol. The molecule has 2 heterocycles. The van der Waals surface area contributed by atoms with E-state index in [1.165, 1.54) is 69.4 Å². The lowest BCUT2D eigenvalue weighted by Gasteiger charge is -2.42. The largest absolute Gasteiger partial charge is 0.384 e. The second-order valence-electron chi connectivity index (χ2n) is 9.26. The Hall–Kier alpha value is -1.02. The SMILES string of the molecule is Cc1ccc2c(c1)C1(CCN(CC3CCC4CCC3C4)CC1)CN2. The Morgan fingerprint density at radius 1 is 1.12 bits per heavy atom. The number of piperidine rings is 1. The summed E-state index contributed by atoms with van der Waals surface area (Å²) in [5.41, 5.74) is 4.84. The van der Waals surface area contributed by atoms with Crippen LogP contribution in [0.25, 0.3) is 0 Å². The van der Waals surface area contributed by atoms with E-state index in [2.05, 4.69) is 35.3 Å². The number of rotatable bonds is 2. The van der Waals surface area contributed by atoms with Gasteiger partial charge in [-0.25, -0.2) is 0 Å². The lowest BCUT2D eigenvalue weighted by Crippen LogP contribution is -2.46. The average Bonchev–Trinajstić information content (AvgIpc) is 3.15. The maximum Gasteiger partial charge on any atom is 0.0379 e. The van der Waals surface area contributed by atoms with Crippen LogP contribution < -0.4 is 5.32 Å². The van der Waals surface area contributed by atoms with Gasteiger partial charge in [0.05, 0.1) is 0 Å². The lowest BCUT2D eigenvalue weighted by atomic mass is 9.73. The molecule has 4 aliphatic rings. The van der Waals surface area contributed by atoms with E-state index in [1.807, 2.05) is 0 Å². The number of nitrogens with zero attached hydrogens (tertiary/aromatic N) is 1. The minimum Gasteiger partial charge on any atom is -0.384 e. The van der Waals surface area contributed by atoms with Gasteiger partial charge in [-0.2, -0.15) is 0 Å². The molecule has 2 bridgehead atoms. The molecule has 1 aromatic rings. The Morgan fingerprint density at radius 3 is 2.83 bits per heavy atom. The van der Waals surface area contributed by atoms with Crippen LogP contribution in [0, 0.1) is 24.7 Å².